The number of halogens is 2. The highest BCUT2D eigenvalue weighted by Crippen LogP contribution is 2.38. The van der Waals surface area contributed by atoms with Crippen molar-refractivity contribution >= 4 is 5.82 Å². The van der Waals surface area contributed by atoms with E-state index < -0.39 is 11.6 Å². The molecule has 114 valence electrons. The van der Waals surface area contributed by atoms with Gasteiger partial charge in [0.25, 0.3) is 0 Å². The summed E-state index contributed by atoms with van der Waals surface area (Å²) in [6.07, 6.45) is 3.90. The largest absolute Gasteiger partial charge is 0.380 e. The first-order chi connectivity index (χ1) is 10.1. The molecule has 1 aromatic heterocycles. The highest BCUT2D eigenvalue weighted by molar-refractivity contribution is 5.76. The van der Waals surface area contributed by atoms with Gasteiger partial charge in [-0.2, -0.15) is 0 Å². The number of unbranched alkanes of at least 4 members (excludes halogenated alkanes) is 1. The molecule has 5 heteroatoms. The van der Waals surface area contributed by atoms with Crippen molar-refractivity contribution in [1.82, 2.24) is 5.16 Å². The number of nitrogens with two attached hydrogens (primary N) is 1. The summed E-state index contributed by atoms with van der Waals surface area (Å²) in [6.45, 7) is 4.16. The second-order valence-electron chi connectivity index (χ2n) is 5.18. The molecule has 2 rings (SSSR count). The number of aromatic nitrogens is 1. The Bertz CT molecular complexity index is 610. The highest BCUT2D eigenvalue weighted by Gasteiger charge is 2.24. The first-order valence-electron chi connectivity index (χ1n) is 7.28. The van der Waals surface area contributed by atoms with Crippen molar-refractivity contribution in [2.45, 2.75) is 45.4 Å². The molecule has 1 heterocycles. The van der Waals surface area contributed by atoms with Crippen molar-refractivity contribution in [2.24, 2.45) is 0 Å². The molecular formula is C16H20F2N2O. The van der Waals surface area contributed by atoms with E-state index in [-0.39, 0.29) is 17.3 Å². The fourth-order valence-corrected chi connectivity index (χ4v) is 2.53. The molecule has 0 bridgehead atoms. The molecule has 1 atom stereocenters. The topological polar surface area (TPSA) is 52.0 Å². The summed E-state index contributed by atoms with van der Waals surface area (Å²) in [5.74, 6) is -0.407. The van der Waals surface area contributed by atoms with E-state index in [0.717, 1.165) is 31.7 Å². The van der Waals surface area contributed by atoms with Gasteiger partial charge in [-0.3, -0.25) is 0 Å². The van der Waals surface area contributed by atoms with Crippen LogP contribution >= 0.6 is 0 Å². The number of benzene rings is 1. The maximum absolute atomic E-state index is 14.0. The number of hydrogen-bond acceptors (Lipinski definition) is 3. The Morgan fingerprint density at radius 1 is 1.29 bits per heavy atom. The lowest BCUT2D eigenvalue weighted by Gasteiger charge is -2.13. The van der Waals surface area contributed by atoms with Gasteiger partial charge in [0.1, 0.15) is 17.4 Å². The van der Waals surface area contributed by atoms with Gasteiger partial charge in [0, 0.05) is 17.5 Å². The van der Waals surface area contributed by atoms with E-state index in [1.165, 1.54) is 12.1 Å². The molecule has 21 heavy (non-hydrogen) atoms. The van der Waals surface area contributed by atoms with Crippen molar-refractivity contribution < 1.29 is 13.3 Å². The van der Waals surface area contributed by atoms with Crippen LogP contribution in [-0.2, 0) is 0 Å². The Morgan fingerprint density at radius 2 is 2.05 bits per heavy atom. The van der Waals surface area contributed by atoms with Gasteiger partial charge in [0.15, 0.2) is 5.82 Å². The minimum atomic E-state index is -0.656. The number of nitrogens with zero attached hydrogens (tertiary/aromatic N) is 1. The van der Waals surface area contributed by atoms with E-state index in [1.807, 2.05) is 6.92 Å². The van der Waals surface area contributed by atoms with Gasteiger partial charge in [-0.15, -0.1) is 0 Å². The quantitative estimate of drug-likeness (QED) is 0.825. The van der Waals surface area contributed by atoms with Gasteiger partial charge < -0.3 is 10.3 Å². The SMILES string of the molecule is CCCCC(CC)c1onc(N)c1-c1ccc(F)cc1F. The molecule has 0 radical (unpaired) electrons. The van der Waals surface area contributed by atoms with E-state index in [2.05, 4.69) is 12.1 Å². The van der Waals surface area contributed by atoms with Crippen LogP contribution in [0.5, 0.6) is 0 Å². The molecule has 0 spiro atoms. The van der Waals surface area contributed by atoms with E-state index >= 15 is 0 Å². The summed E-state index contributed by atoms with van der Waals surface area (Å²) >= 11 is 0. The Morgan fingerprint density at radius 3 is 2.67 bits per heavy atom. The summed E-state index contributed by atoms with van der Waals surface area (Å²) in [5, 5.41) is 3.78. The number of hydrogen-bond donors (Lipinski definition) is 1. The summed E-state index contributed by atoms with van der Waals surface area (Å²) in [4.78, 5) is 0. The van der Waals surface area contributed by atoms with Crippen LogP contribution in [0.2, 0.25) is 0 Å². The lowest BCUT2D eigenvalue weighted by molar-refractivity contribution is 0.349. The van der Waals surface area contributed by atoms with Crippen LogP contribution in [0.1, 0.15) is 51.2 Å². The lowest BCUT2D eigenvalue weighted by Crippen LogP contribution is -2.00. The molecule has 0 amide bonds. The average Bonchev–Trinajstić information content (AvgIpc) is 2.82. The Labute approximate surface area is 123 Å². The predicted molar refractivity (Wildman–Crippen MR) is 78.8 cm³/mol. The number of anilines is 1. The van der Waals surface area contributed by atoms with E-state index in [1.54, 1.807) is 0 Å². The van der Waals surface area contributed by atoms with E-state index in [9.17, 15) is 8.78 Å². The monoisotopic (exact) mass is 294 g/mol. The third-order valence-corrected chi connectivity index (χ3v) is 3.72. The molecule has 0 aliphatic carbocycles. The normalized spacial score (nSPS) is 12.6. The van der Waals surface area contributed by atoms with E-state index in [4.69, 9.17) is 10.3 Å². The van der Waals surface area contributed by atoms with Crippen molar-refractivity contribution in [3.05, 3.63) is 35.6 Å². The smallest absolute Gasteiger partial charge is 0.175 e. The fourth-order valence-electron chi connectivity index (χ4n) is 2.53. The predicted octanol–water partition coefficient (Wildman–Crippen LogP) is 4.89. The van der Waals surface area contributed by atoms with Crippen LogP contribution in [0, 0.1) is 11.6 Å². The average molecular weight is 294 g/mol. The van der Waals surface area contributed by atoms with Crippen LogP contribution in [0.25, 0.3) is 11.1 Å². The van der Waals surface area contributed by atoms with Crippen molar-refractivity contribution in [1.29, 1.82) is 0 Å². The highest BCUT2D eigenvalue weighted by atomic mass is 19.1. The molecular weight excluding hydrogens is 274 g/mol. The van der Waals surface area contributed by atoms with Gasteiger partial charge in [0.2, 0.25) is 0 Å². The maximum Gasteiger partial charge on any atom is 0.175 e. The Balaban J connectivity index is 2.46. The van der Waals surface area contributed by atoms with Crippen molar-refractivity contribution in [2.75, 3.05) is 5.73 Å². The zero-order valence-corrected chi connectivity index (χ0v) is 12.3. The Kier molecular flexibility index (Phi) is 4.94. The molecule has 0 saturated heterocycles. The molecule has 1 aromatic carbocycles. The molecule has 0 fully saturated rings. The molecule has 0 saturated carbocycles. The second kappa shape index (κ2) is 6.70. The van der Waals surface area contributed by atoms with Gasteiger partial charge in [-0.05, 0) is 25.0 Å². The summed E-state index contributed by atoms with van der Waals surface area (Å²) in [7, 11) is 0. The van der Waals surface area contributed by atoms with E-state index in [0.29, 0.717) is 11.3 Å². The summed E-state index contributed by atoms with van der Waals surface area (Å²) in [6, 6.07) is 3.43. The van der Waals surface area contributed by atoms with Crippen molar-refractivity contribution in [3.63, 3.8) is 0 Å². The van der Waals surface area contributed by atoms with Crippen LogP contribution in [0.3, 0.4) is 0 Å². The zero-order chi connectivity index (χ0) is 15.4. The second-order valence-corrected chi connectivity index (χ2v) is 5.18. The van der Waals surface area contributed by atoms with Crippen LogP contribution < -0.4 is 5.73 Å². The fraction of sp³-hybridized carbons (Fsp3) is 0.438. The molecule has 0 aliphatic heterocycles. The summed E-state index contributed by atoms with van der Waals surface area (Å²) < 4.78 is 32.4. The molecule has 2 aromatic rings. The van der Waals surface area contributed by atoms with Crippen molar-refractivity contribution in [3.8, 4) is 11.1 Å². The van der Waals surface area contributed by atoms with Gasteiger partial charge >= 0.3 is 0 Å². The maximum atomic E-state index is 14.0. The molecule has 2 N–H and O–H groups in total. The molecule has 1 unspecified atom stereocenters. The first kappa shape index (κ1) is 15.5. The Hall–Kier alpha value is -1.91. The molecule has 3 nitrogen and oxygen atoms in total. The standard InChI is InChI=1S/C16H20F2N2O/c1-3-5-6-10(4-2)15-14(16(19)20-21-15)12-8-7-11(17)9-13(12)18/h7-10H,3-6H2,1-2H3,(H2,19,20). The molecule has 0 aliphatic rings. The summed E-state index contributed by atoms with van der Waals surface area (Å²) in [5.41, 5.74) is 6.53. The minimum Gasteiger partial charge on any atom is -0.380 e. The first-order valence-corrected chi connectivity index (χ1v) is 7.28. The number of rotatable bonds is 6. The third kappa shape index (κ3) is 3.23. The van der Waals surface area contributed by atoms with Gasteiger partial charge in [0.05, 0.1) is 5.56 Å². The van der Waals surface area contributed by atoms with Crippen LogP contribution in [0.15, 0.2) is 22.7 Å². The number of nitrogen functional groups attached to an aromatic ring is 1. The lowest BCUT2D eigenvalue weighted by atomic mass is 9.91. The van der Waals surface area contributed by atoms with Gasteiger partial charge in [-0.1, -0.05) is 31.8 Å². The van der Waals surface area contributed by atoms with Crippen LogP contribution in [0.4, 0.5) is 14.6 Å². The minimum absolute atomic E-state index is 0.134. The van der Waals surface area contributed by atoms with Gasteiger partial charge in [-0.25, -0.2) is 8.78 Å². The third-order valence-electron chi connectivity index (χ3n) is 3.72. The van der Waals surface area contributed by atoms with Crippen LogP contribution in [-0.4, -0.2) is 5.16 Å². The zero-order valence-electron chi connectivity index (χ0n) is 12.3.